The summed E-state index contributed by atoms with van der Waals surface area (Å²) in [5.74, 6) is 0. The molecule has 0 radical (unpaired) electrons. The van der Waals surface area contributed by atoms with Gasteiger partial charge in [0.1, 0.15) is 13.2 Å². The minimum atomic E-state index is 0.148. The van der Waals surface area contributed by atoms with Crippen LogP contribution >= 0.6 is 0 Å². The van der Waals surface area contributed by atoms with E-state index in [4.69, 9.17) is 14.2 Å². The molecule has 0 fully saturated rings. The van der Waals surface area contributed by atoms with Crippen LogP contribution in [0.3, 0.4) is 0 Å². The Labute approximate surface area is 106 Å². The molecule has 0 aromatic carbocycles. The molecule has 0 aliphatic carbocycles. The number of hydrogen-bond donors (Lipinski definition) is 0. The molecule has 6 nitrogen and oxygen atoms in total. The lowest BCUT2D eigenvalue weighted by Crippen LogP contribution is -2.07. The van der Waals surface area contributed by atoms with Crippen LogP contribution in [-0.2, 0) is 0 Å². The molecule has 0 bridgehead atoms. The summed E-state index contributed by atoms with van der Waals surface area (Å²) in [4.78, 5) is 12.0. The molecule has 0 aliphatic heterocycles. The van der Waals surface area contributed by atoms with E-state index in [1.54, 1.807) is 12.2 Å². The molecule has 98 valence electrons. The summed E-state index contributed by atoms with van der Waals surface area (Å²) < 4.78 is 15.8. The Hall–Kier alpha value is -2.11. The molecule has 0 amide bonds. The summed E-state index contributed by atoms with van der Waals surface area (Å²) in [5, 5.41) is 0. The fraction of sp³-hybridized carbons (Fsp3) is 0.417. The van der Waals surface area contributed by atoms with Gasteiger partial charge in [-0.2, -0.15) is 0 Å². The van der Waals surface area contributed by atoms with Crippen molar-refractivity contribution in [2.24, 2.45) is 0 Å². The maximum absolute atomic E-state index is 5.32. The normalized spacial score (nSPS) is 9.61. The van der Waals surface area contributed by atoms with Crippen LogP contribution in [0.5, 0.6) is 18.0 Å². The van der Waals surface area contributed by atoms with Crippen LogP contribution in [0.4, 0.5) is 0 Å². The van der Waals surface area contributed by atoms with Crippen molar-refractivity contribution in [2.45, 2.75) is 13.3 Å². The number of ether oxygens (including phenoxy) is 3. The average Bonchev–Trinajstić information content (AvgIpc) is 2.40. The van der Waals surface area contributed by atoms with Crippen molar-refractivity contribution >= 4 is 0 Å². The standard InChI is InChI=1S/C12H17N3O3/c1-4-7-16-10-13-11(17-8-5-2)15-12(14-10)18-9-6-3/h4-5H,1-2,6-9H2,3H3. The molecule has 0 atom stereocenters. The minimum absolute atomic E-state index is 0.148. The van der Waals surface area contributed by atoms with Crippen molar-refractivity contribution in [3.63, 3.8) is 0 Å². The summed E-state index contributed by atoms with van der Waals surface area (Å²) >= 11 is 0. The maximum atomic E-state index is 5.32. The SMILES string of the molecule is C=CCOc1nc(OCC=C)nc(OCCC)n1. The van der Waals surface area contributed by atoms with Crippen LogP contribution in [0.25, 0.3) is 0 Å². The van der Waals surface area contributed by atoms with E-state index in [1.165, 1.54) is 0 Å². The number of aromatic nitrogens is 3. The van der Waals surface area contributed by atoms with Gasteiger partial charge in [-0.3, -0.25) is 0 Å². The van der Waals surface area contributed by atoms with Crippen molar-refractivity contribution in [3.05, 3.63) is 25.3 Å². The van der Waals surface area contributed by atoms with E-state index in [-0.39, 0.29) is 18.0 Å². The molecular formula is C12H17N3O3. The van der Waals surface area contributed by atoms with Gasteiger partial charge in [-0.25, -0.2) is 0 Å². The van der Waals surface area contributed by atoms with Gasteiger partial charge in [0.2, 0.25) is 0 Å². The highest BCUT2D eigenvalue weighted by Gasteiger charge is 2.09. The van der Waals surface area contributed by atoms with Gasteiger partial charge in [0, 0.05) is 0 Å². The molecule has 0 unspecified atom stereocenters. The highest BCUT2D eigenvalue weighted by atomic mass is 16.5. The average molecular weight is 251 g/mol. The highest BCUT2D eigenvalue weighted by Crippen LogP contribution is 2.14. The Kier molecular flexibility index (Phi) is 6.24. The second kappa shape index (κ2) is 8.05. The molecule has 18 heavy (non-hydrogen) atoms. The van der Waals surface area contributed by atoms with E-state index in [9.17, 15) is 0 Å². The fourth-order valence-electron chi connectivity index (χ4n) is 0.974. The third-order valence-corrected chi connectivity index (χ3v) is 1.67. The first kappa shape index (κ1) is 14.0. The molecule has 0 aliphatic rings. The number of nitrogens with zero attached hydrogens (tertiary/aromatic N) is 3. The smallest absolute Gasteiger partial charge is 0.326 e. The Morgan fingerprint density at radius 1 is 0.889 bits per heavy atom. The van der Waals surface area contributed by atoms with Crippen LogP contribution < -0.4 is 14.2 Å². The highest BCUT2D eigenvalue weighted by molar-refractivity contribution is 5.09. The van der Waals surface area contributed by atoms with Crippen molar-refractivity contribution in [1.29, 1.82) is 0 Å². The molecule has 0 saturated heterocycles. The van der Waals surface area contributed by atoms with Crippen molar-refractivity contribution < 1.29 is 14.2 Å². The lowest BCUT2D eigenvalue weighted by Gasteiger charge is -2.07. The van der Waals surface area contributed by atoms with Crippen LogP contribution in [0.15, 0.2) is 25.3 Å². The Morgan fingerprint density at radius 2 is 1.33 bits per heavy atom. The Balaban J connectivity index is 2.80. The van der Waals surface area contributed by atoms with E-state index in [2.05, 4.69) is 28.1 Å². The van der Waals surface area contributed by atoms with Crippen molar-refractivity contribution in [2.75, 3.05) is 19.8 Å². The topological polar surface area (TPSA) is 66.4 Å². The summed E-state index contributed by atoms with van der Waals surface area (Å²) in [7, 11) is 0. The van der Waals surface area contributed by atoms with Crippen LogP contribution in [0.2, 0.25) is 0 Å². The second-order valence-corrected chi connectivity index (χ2v) is 3.23. The second-order valence-electron chi connectivity index (χ2n) is 3.23. The van der Waals surface area contributed by atoms with Gasteiger partial charge in [0.15, 0.2) is 0 Å². The quantitative estimate of drug-likeness (QED) is 0.623. The van der Waals surface area contributed by atoms with Gasteiger partial charge in [0.05, 0.1) is 6.61 Å². The minimum Gasteiger partial charge on any atom is -0.463 e. The van der Waals surface area contributed by atoms with Gasteiger partial charge < -0.3 is 14.2 Å². The van der Waals surface area contributed by atoms with E-state index in [1.807, 2.05) is 6.92 Å². The first-order valence-electron chi connectivity index (χ1n) is 5.66. The summed E-state index contributed by atoms with van der Waals surface area (Å²) in [6, 6.07) is 0.482. The summed E-state index contributed by atoms with van der Waals surface area (Å²) in [6.07, 6.45) is 4.05. The third kappa shape index (κ3) is 4.82. The van der Waals surface area contributed by atoms with Crippen LogP contribution in [0, 0.1) is 0 Å². The summed E-state index contributed by atoms with van der Waals surface area (Å²) in [5.41, 5.74) is 0. The molecule has 1 rings (SSSR count). The van der Waals surface area contributed by atoms with Gasteiger partial charge in [0.25, 0.3) is 0 Å². The van der Waals surface area contributed by atoms with Crippen LogP contribution in [-0.4, -0.2) is 34.8 Å². The third-order valence-electron chi connectivity index (χ3n) is 1.67. The molecular weight excluding hydrogens is 234 g/mol. The van der Waals surface area contributed by atoms with Crippen LogP contribution in [0.1, 0.15) is 13.3 Å². The van der Waals surface area contributed by atoms with Gasteiger partial charge in [-0.05, 0) is 6.42 Å². The Morgan fingerprint density at radius 3 is 1.72 bits per heavy atom. The Bertz CT molecular complexity index is 366. The molecule has 1 aromatic rings. The first-order chi connectivity index (χ1) is 8.80. The van der Waals surface area contributed by atoms with Gasteiger partial charge in [-0.15, -0.1) is 15.0 Å². The summed E-state index contributed by atoms with van der Waals surface area (Å²) in [6.45, 7) is 10.2. The van der Waals surface area contributed by atoms with E-state index < -0.39 is 0 Å². The van der Waals surface area contributed by atoms with Crippen molar-refractivity contribution in [3.8, 4) is 18.0 Å². The molecule has 1 heterocycles. The van der Waals surface area contributed by atoms with Crippen molar-refractivity contribution in [1.82, 2.24) is 15.0 Å². The zero-order chi connectivity index (χ0) is 13.2. The van der Waals surface area contributed by atoms with Gasteiger partial charge >= 0.3 is 18.0 Å². The number of hydrogen-bond acceptors (Lipinski definition) is 6. The van der Waals surface area contributed by atoms with E-state index >= 15 is 0 Å². The fourth-order valence-corrected chi connectivity index (χ4v) is 0.974. The monoisotopic (exact) mass is 251 g/mol. The predicted octanol–water partition coefficient (Wildman–Crippen LogP) is 1.79. The molecule has 1 aromatic heterocycles. The predicted molar refractivity (Wildman–Crippen MR) is 67.0 cm³/mol. The zero-order valence-corrected chi connectivity index (χ0v) is 10.5. The molecule has 0 saturated carbocycles. The lowest BCUT2D eigenvalue weighted by molar-refractivity contribution is 0.253. The molecule has 0 N–H and O–H groups in total. The first-order valence-corrected chi connectivity index (χ1v) is 5.66. The lowest BCUT2D eigenvalue weighted by atomic mass is 10.5. The maximum Gasteiger partial charge on any atom is 0.326 e. The number of rotatable bonds is 9. The molecule has 6 heteroatoms. The molecule has 0 spiro atoms. The largest absolute Gasteiger partial charge is 0.463 e. The van der Waals surface area contributed by atoms with E-state index in [0.717, 1.165) is 6.42 Å². The zero-order valence-electron chi connectivity index (χ0n) is 10.5. The van der Waals surface area contributed by atoms with E-state index in [0.29, 0.717) is 19.8 Å². The van der Waals surface area contributed by atoms with Gasteiger partial charge in [-0.1, -0.05) is 32.2 Å².